The van der Waals surface area contributed by atoms with Crippen LogP contribution in [0, 0.1) is 6.92 Å². The van der Waals surface area contributed by atoms with Crippen LogP contribution in [0.2, 0.25) is 0 Å². The number of H-pyrrole nitrogens is 1. The molecule has 1 aromatic carbocycles. The van der Waals surface area contributed by atoms with Crippen LogP contribution in [0.1, 0.15) is 21.5 Å². The fourth-order valence-electron chi connectivity index (χ4n) is 2.98. The number of aromatic nitrogens is 3. The standard InChI is InChI=1S/C21H18N4O2/c1-14-6-8-15(9-7-14)13-25-11-3-5-18(21(25)27)24-20(26)17-12-23-19-16(17)4-2-10-22-19/h2-12H,13H2,1H3,(H,22,23)(H,24,26). The van der Waals surface area contributed by atoms with Crippen molar-refractivity contribution < 1.29 is 4.79 Å². The SMILES string of the molecule is Cc1ccc(Cn2cccc(NC(=O)c3c[nH]c4ncccc34)c2=O)cc1. The van der Waals surface area contributed by atoms with E-state index in [1.807, 2.05) is 37.3 Å². The molecule has 6 nitrogen and oxygen atoms in total. The van der Waals surface area contributed by atoms with Gasteiger partial charge in [0.15, 0.2) is 0 Å². The van der Waals surface area contributed by atoms with E-state index in [9.17, 15) is 9.59 Å². The second-order valence-electron chi connectivity index (χ2n) is 6.40. The molecule has 27 heavy (non-hydrogen) atoms. The van der Waals surface area contributed by atoms with Gasteiger partial charge in [-0.15, -0.1) is 0 Å². The zero-order valence-corrected chi connectivity index (χ0v) is 14.8. The van der Waals surface area contributed by atoms with Gasteiger partial charge in [-0.1, -0.05) is 29.8 Å². The molecule has 0 atom stereocenters. The normalized spacial score (nSPS) is 10.9. The minimum Gasteiger partial charge on any atom is -0.345 e. The van der Waals surface area contributed by atoms with Gasteiger partial charge in [0.25, 0.3) is 11.5 Å². The molecule has 0 saturated heterocycles. The van der Waals surface area contributed by atoms with Gasteiger partial charge in [-0.2, -0.15) is 0 Å². The molecule has 0 aliphatic rings. The van der Waals surface area contributed by atoms with E-state index in [1.165, 1.54) is 5.56 Å². The third kappa shape index (κ3) is 3.37. The number of carbonyl (C=O) groups is 1. The zero-order valence-electron chi connectivity index (χ0n) is 14.8. The summed E-state index contributed by atoms with van der Waals surface area (Å²) < 4.78 is 1.58. The van der Waals surface area contributed by atoms with Gasteiger partial charge in [0.1, 0.15) is 11.3 Å². The second kappa shape index (κ2) is 6.92. The number of hydrogen-bond acceptors (Lipinski definition) is 3. The maximum Gasteiger partial charge on any atom is 0.274 e. The van der Waals surface area contributed by atoms with E-state index < -0.39 is 0 Å². The first-order chi connectivity index (χ1) is 13.1. The Balaban J connectivity index is 1.60. The summed E-state index contributed by atoms with van der Waals surface area (Å²) in [6.45, 7) is 2.46. The molecule has 134 valence electrons. The molecule has 3 heterocycles. The fraction of sp³-hybridized carbons (Fsp3) is 0.0952. The average molecular weight is 358 g/mol. The number of fused-ring (bicyclic) bond motifs is 1. The highest BCUT2D eigenvalue weighted by Gasteiger charge is 2.14. The van der Waals surface area contributed by atoms with E-state index in [1.54, 1.807) is 41.4 Å². The first-order valence-electron chi connectivity index (χ1n) is 8.60. The van der Waals surface area contributed by atoms with Crippen molar-refractivity contribution in [3.05, 3.63) is 94.2 Å². The van der Waals surface area contributed by atoms with Crippen molar-refractivity contribution >= 4 is 22.6 Å². The molecule has 0 bridgehead atoms. The van der Waals surface area contributed by atoms with Crippen LogP contribution < -0.4 is 10.9 Å². The van der Waals surface area contributed by atoms with Gasteiger partial charge in [0.2, 0.25) is 0 Å². The molecular formula is C21H18N4O2. The molecule has 0 radical (unpaired) electrons. The van der Waals surface area contributed by atoms with Gasteiger partial charge >= 0.3 is 0 Å². The van der Waals surface area contributed by atoms with E-state index in [4.69, 9.17) is 0 Å². The van der Waals surface area contributed by atoms with E-state index >= 15 is 0 Å². The lowest BCUT2D eigenvalue weighted by atomic mass is 10.1. The number of aromatic amines is 1. The molecule has 4 aromatic rings. The minimum absolute atomic E-state index is 0.243. The lowest BCUT2D eigenvalue weighted by Gasteiger charge is -2.09. The highest BCUT2D eigenvalue weighted by molar-refractivity contribution is 6.12. The van der Waals surface area contributed by atoms with Crippen LogP contribution in [0.15, 0.2) is 71.9 Å². The number of carbonyl (C=O) groups excluding carboxylic acids is 1. The summed E-state index contributed by atoms with van der Waals surface area (Å²) in [6.07, 6.45) is 4.97. The number of pyridine rings is 2. The number of amides is 1. The molecule has 0 saturated carbocycles. The molecule has 0 aliphatic heterocycles. The Morgan fingerprint density at radius 2 is 1.96 bits per heavy atom. The van der Waals surface area contributed by atoms with Crippen molar-refractivity contribution in [2.75, 3.05) is 5.32 Å². The predicted molar refractivity (Wildman–Crippen MR) is 105 cm³/mol. The second-order valence-corrected chi connectivity index (χ2v) is 6.40. The molecule has 0 aliphatic carbocycles. The summed E-state index contributed by atoms with van der Waals surface area (Å²) in [4.78, 5) is 32.5. The van der Waals surface area contributed by atoms with Gasteiger partial charge < -0.3 is 14.9 Å². The topological polar surface area (TPSA) is 79.8 Å². The van der Waals surface area contributed by atoms with Crippen molar-refractivity contribution in [2.24, 2.45) is 0 Å². The Hall–Kier alpha value is -3.67. The Morgan fingerprint density at radius 1 is 1.15 bits per heavy atom. The van der Waals surface area contributed by atoms with Crippen molar-refractivity contribution in [3.63, 3.8) is 0 Å². The van der Waals surface area contributed by atoms with Crippen LogP contribution in [0.5, 0.6) is 0 Å². The highest BCUT2D eigenvalue weighted by Crippen LogP contribution is 2.16. The van der Waals surface area contributed by atoms with Crippen molar-refractivity contribution in [2.45, 2.75) is 13.5 Å². The Labute approximate surface area is 155 Å². The molecule has 4 rings (SSSR count). The highest BCUT2D eigenvalue weighted by atomic mass is 16.2. The molecule has 3 aromatic heterocycles. The maximum absolute atomic E-state index is 12.7. The van der Waals surface area contributed by atoms with Crippen LogP contribution in [-0.2, 0) is 6.54 Å². The molecule has 6 heteroatoms. The van der Waals surface area contributed by atoms with Crippen LogP contribution >= 0.6 is 0 Å². The number of anilines is 1. The van der Waals surface area contributed by atoms with Crippen LogP contribution in [0.4, 0.5) is 5.69 Å². The van der Waals surface area contributed by atoms with Crippen molar-refractivity contribution in [3.8, 4) is 0 Å². The smallest absolute Gasteiger partial charge is 0.274 e. The number of nitrogens with zero attached hydrogens (tertiary/aromatic N) is 2. The summed E-state index contributed by atoms with van der Waals surface area (Å²) in [7, 11) is 0. The van der Waals surface area contributed by atoms with Gasteiger partial charge in [0, 0.05) is 24.0 Å². The van der Waals surface area contributed by atoms with Crippen LogP contribution in [0.25, 0.3) is 11.0 Å². The third-order valence-electron chi connectivity index (χ3n) is 4.44. The Bertz CT molecular complexity index is 1170. The number of aryl methyl sites for hydroxylation is 1. The first kappa shape index (κ1) is 16.8. The van der Waals surface area contributed by atoms with E-state index in [0.29, 0.717) is 23.1 Å². The minimum atomic E-state index is -0.348. The monoisotopic (exact) mass is 358 g/mol. The van der Waals surface area contributed by atoms with Gasteiger partial charge in [-0.25, -0.2) is 4.98 Å². The summed E-state index contributed by atoms with van der Waals surface area (Å²) >= 11 is 0. The van der Waals surface area contributed by atoms with Crippen molar-refractivity contribution in [1.29, 1.82) is 0 Å². The van der Waals surface area contributed by atoms with Gasteiger partial charge in [-0.05, 0) is 36.8 Å². The van der Waals surface area contributed by atoms with E-state index in [-0.39, 0.29) is 17.2 Å². The van der Waals surface area contributed by atoms with E-state index in [0.717, 1.165) is 5.56 Å². The molecule has 0 unspecified atom stereocenters. The van der Waals surface area contributed by atoms with E-state index in [2.05, 4.69) is 15.3 Å². The lowest BCUT2D eigenvalue weighted by Crippen LogP contribution is -2.25. The Morgan fingerprint density at radius 3 is 2.78 bits per heavy atom. The quantitative estimate of drug-likeness (QED) is 0.587. The molecule has 1 amide bonds. The summed E-state index contributed by atoms with van der Waals surface area (Å²) in [5, 5.41) is 3.43. The summed E-state index contributed by atoms with van der Waals surface area (Å²) in [5.74, 6) is -0.348. The predicted octanol–water partition coefficient (Wildman–Crippen LogP) is 3.33. The number of rotatable bonds is 4. The first-order valence-corrected chi connectivity index (χ1v) is 8.60. The number of hydrogen-bond donors (Lipinski definition) is 2. The number of nitrogens with one attached hydrogen (secondary N) is 2. The number of benzene rings is 1. The molecule has 0 spiro atoms. The largest absolute Gasteiger partial charge is 0.345 e. The third-order valence-corrected chi connectivity index (χ3v) is 4.44. The van der Waals surface area contributed by atoms with Crippen molar-refractivity contribution in [1.82, 2.24) is 14.5 Å². The Kier molecular flexibility index (Phi) is 4.30. The summed E-state index contributed by atoms with van der Waals surface area (Å²) in [5.41, 5.74) is 3.27. The van der Waals surface area contributed by atoms with Gasteiger partial charge in [-0.3, -0.25) is 9.59 Å². The fourth-order valence-corrected chi connectivity index (χ4v) is 2.98. The summed E-state index contributed by atoms with van der Waals surface area (Å²) in [6, 6.07) is 14.9. The zero-order chi connectivity index (χ0) is 18.8. The van der Waals surface area contributed by atoms with Crippen LogP contribution in [0.3, 0.4) is 0 Å². The van der Waals surface area contributed by atoms with Crippen LogP contribution in [-0.4, -0.2) is 20.4 Å². The molecule has 0 fully saturated rings. The molecular weight excluding hydrogens is 340 g/mol. The lowest BCUT2D eigenvalue weighted by molar-refractivity contribution is 0.102. The maximum atomic E-state index is 12.7. The molecule has 2 N–H and O–H groups in total. The van der Waals surface area contributed by atoms with Gasteiger partial charge in [0.05, 0.1) is 12.1 Å². The average Bonchev–Trinajstić information content (AvgIpc) is 3.11.